The Morgan fingerprint density at radius 2 is 1.42 bits per heavy atom. The molecular formula is C26H21N7O3. The topological polar surface area (TPSA) is 117 Å². The summed E-state index contributed by atoms with van der Waals surface area (Å²) in [7, 11) is 0. The molecule has 1 fully saturated rings. The zero-order valence-corrected chi connectivity index (χ0v) is 19.2. The van der Waals surface area contributed by atoms with Crippen molar-refractivity contribution in [3.05, 3.63) is 84.2 Å². The molecule has 0 radical (unpaired) electrons. The number of hydrogen-bond acceptors (Lipinski definition) is 6. The van der Waals surface area contributed by atoms with Crippen molar-refractivity contribution >= 4 is 39.7 Å². The molecule has 10 heteroatoms. The second kappa shape index (κ2) is 8.73. The molecule has 0 unspecified atom stereocenters. The molecule has 0 bridgehead atoms. The van der Waals surface area contributed by atoms with Gasteiger partial charge in [0.1, 0.15) is 22.2 Å². The number of nitrogens with zero attached hydrogens (tertiary/aromatic N) is 6. The van der Waals surface area contributed by atoms with Crippen LogP contribution in [0, 0.1) is 0 Å². The van der Waals surface area contributed by atoms with E-state index in [1.807, 2.05) is 42.5 Å². The third-order valence-corrected chi connectivity index (χ3v) is 6.36. The predicted molar refractivity (Wildman–Crippen MR) is 132 cm³/mol. The highest BCUT2D eigenvalue weighted by Crippen LogP contribution is 2.24. The highest BCUT2D eigenvalue weighted by atomic mass is 16.2. The van der Waals surface area contributed by atoms with Crippen LogP contribution in [0.3, 0.4) is 0 Å². The Kier molecular flexibility index (Phi) is 5.25. The van der Waals surface area contributed by atoms with Gasteiger partial charge in [0.05, 0.1) is 11.1 Å². The standard InChI is InChI=1S/C26H21N7O3/c34-24(26(36)32-14-12-31(13-15-32)25(35)17-6-2-1-3-7-17)18-16-28-23-21(10-11-27-22(18)23)33-29-19-8-4-5-9-20(19)30-33/h1-11,16,28H,12-15H2. The van der Waals surface area contributed by atoms with Crippen LogP contribution in [0.25, 0.3) is 27.8 Å². The fourth-order valence-corrected chi connectivity index (χ4v) is 4.45. The Morgan fingerprint density at radius 3 is 2.11 bits per heavy atom. The van der Waals surface area contributed by atoms with Crippen molar-refractivity contribution in [1.29, 1.82) is 0 Å². The van der Waals surface area contributed by atoms with Crippen LogP contribution >= 0.6 is 0 Å². The van der Waals surface area contributed by atoms with Crippen molar-refractivity contribution in [3.8, 4) is 5.69 Å². The molecule has 3 aromatic heterocycles. The van der Waals surface area contributed by atoms with Gasteiger partial charge in [-0.25, -0.2) is 0 Å². The van der Waals surface area contributed by atoms with E-state index >= 15 is 0 Å². The maximum atomic E-state index is 13.2. The number of Topliss-reactive ketones (excluding diaryl/α,β-unsaturated/α-hetero) is 1. The number of amides is 2. The van der Waals surface area contributed by atoms with Crippen LogP contribution < -0.4 is 0 Å². The number of aromatic amines is 1. The summed E-state index contributed by atoms with van der Waals surface area (Å²) < 4.78 is 0. The van der Waals surface area contributed by atoms with Crippen molar-refractivity contribution in [1.82, 2.24) is 34.8 Å². The van der Waals surface area contributed by atoms with Crippen LogP contribution in [-0.4, -0.2) is 78.5 Å². The van der Waals surface area contributed by atoms with Gasteiger partial charge >= 0.3 is 0 Å². The van der Waals surface area contributed by atoms with E-state index in [0.717, 1.165) is 11.0 Å². The molecule has 0 saturated carbocycles. The largest absolute Gasteiger partial charge is 0.357 e. The number of aromatic nitrogens is 5. The van der Waals surface area contributed by atoms with Gasteiger partial charge in [-0.1, -0.05) is 30.3 Å². The molecule has 0 atom stereocenters. The lowest BCUT2D eigenvalue weighted by molar-refractivity contribution is -0.127. The summed E-state index contributed by atoms with van der Waals surface area (Å²) >= 11 is 0. The average Bonchev–Trinajstić information content (AvgIpc) is 3.57. The van der Waals surface area contributed by atoms with E-state index in [1.54, 1.807) is 29.3 Å². The SMILES string of the molecule is O=C(C(=O)N1CCN(C(=O)c2ccccc2)CC1)c1c[nH]c2c(-n3nc4ccccc4n3)ccnc12. The first-order valence-electron chi connectivity index (χ1n) is 11.6. The zero-order valence-electron chi connectivity index (χ0n) is 19.2. The van der Waals surface area contributed by atoms with Crippen LogP contribution in [0.5, 0.6) is 0 Å². The lowest BCUT2D eigenvalue weighted by atomic mass is 10.1. The molecule has 5 aromatic rings. The van der Waals surface area contributed by atoms with Gasteiger partial charge < -0.3 is 14.8 Å². The van der Waals surface area contributed by atoms with Crippen LogP contribution in [0.15, 0.2) is 73.1 Å². The molecule has 2 amide bonds. The van der Waals surface area contributed by atoms with Gasteiger partial charge in [0.15, 0.2) is 0 Å². The fourth-order valence-electron chi connectivity index (χ4n) is 4.45. The highest BCUT2D eigenvalue weighted by Gasteiger charge is 2.30. The second-order valence-electron chi connectivity index (χ2n) is 8.51. The van der Waals surface area contributed by atoms with E-state index in [0.29, 0.717) is 35.4 Å². The number of benzene rings is 2. The van der Waals surface area contributed by atoms with E-state index in [-0.39, 0.29) is 24.6 Å². The van der Waals surface area contributed by atoms with Gasteiger partial charge in [-0.15, -0.1) is 15.0 Å². The molecule has 1 aliphatic rings. The van der Waals surface area contributed by atoms with Gasteiger partial charge in [-0.2, -0.15) is 0 Å². The lowest BCUT2D eigenvalue weighted by Gasteiger charge is -2.34. The van der Waals surface area contributed by atoms with Crippen molar-refractivity contribution in [2.45, 2.75) is 0 Å². The first-order valence-corrected chi connectivity index (χ1v) is 11.6. The minimum Gasteiger partial charge on any atom is -0.357 e. The first-order chi connectivity index (χ1) is 17.6. The van der Waals surface area contributed by atoms with Crippen molar-refractivity contribution in [3.63, 3.8) is 0 Å². The van der Waals surface area contributed by atoms with Crippen LogP contribution in [0.4, 0.5) is 0 Å². The molecule has 178 valence electrons. The maximum Gasteiger partial charge on any atom is 0.295 e. The number of carbonyl (C=O) groups excluding carboxylic acids is 3. The summed E-state index contributed by atoms with van der Waals surface area (Å²) in [5.74, 6) is -1.34. The second-order valence-corrected chi connectivity index (χ2v) is 8.51. The van der Waals surface area contributed by atoms with E-state index < -0.39 is 11.7 Å². The first kappa shape index (κ1) is 21.7. The number of carbonyl (C=O) groups is 3. The summed E-state index contributed by atoms with van der Waals surface area (Å²) in [4.78, 5) is 51.0. The molecule has 1 saturated heterocycles. The van der Waals surface area contributed by atoms with E-state index in [2.05, 4.69) is 20.2 Å². The number of fused-ring (bicyclic) bond motifs is 2. The van der Waals surface area contributed by atoms with Crippen LogP contribution in [0.2, 0.25) is 0 Å². The smallest absolute Gasteiger partial charge is 0.295 e. The van der Waals surface area contributed by atoms with Gasteiger partial charge in [0.2, 0.25) is 0 Å². The third-order valence-electron chi connectivity index (χ3n) is 6.36. The average molecular weight is 480 g/mol. The van der Waals surface area contributed by atoms with Gasteiger partial charge in [-0.05, 0) is 30.3 Å². The van der Waals surface area contributed by atoms with E-state index in [4.69, 9.17) is 0 Å². The Bertz CT molecular complexity index is 1580. The molecule has 0 aliphatic carbocycles. The quantitative estimate of drug-likeness (QED) is 0.313. The minimum atomic E-state index is -0.646. The summed E-state index contributed by atoms with van der Waals surface area (Å²) in [6, 6.07) is 18.3. The maximum absolute atomic E-state index is 13.2. The molecule has 6 rings (SSSR count). The number of hydrogen-bond donors (Lipinski definition) is 1. The molecule has 1 aliphatic heterocycles. The number of nitrogens with one attached hydrogen (secondary N) is 1. The summed E-state index contributed by atoms with van der Waals surface area (Å²) in [5, 5.41) is 9.01. The number of pyridine rings is 1. The summed E-state index contributed by atoms with van der Waals surface area (Å²) in [5.41, 5.74) is 3.84. The van der Waals surface area contributed by atoms with Gasteiger partial charge in [-0.3, -0.25) is 19.4 Å². The Balaban J connectivity index is 1.21. The Labute approximate surface area is 205 Å². The lowest BCUT2D eigenvalue weighted by Crippen LogP contribution is -2.52. The Hall–Kier alpha value is -4.86. The molecule has 1 N–H and O–H groups in total. The van der Waals surface area contributed by atoms with Crippen LogP contribution in [-0.2, 0) is 4.79 Å². The highest BCUT2D eigenvalue weighted by molar-refractivity contribution is 6.44. The Morgan fingerprint density at radius 1 is 0.778 bits per heavy atom. The minimum absolute atomic E-state index is 0.0812. The van der Waals surface area contributed by atoms with Gasteiger partial charge in [0, 0.05) is 44.1 Å². The van der Waals surface area contributed by atoms with Crippen molar-refractivity contribution in [2.75, 3.05) is 26.2 Å². The molecular weight excluding hydrogens is 458 g/mol. The van der Waals surface area contributed by atoms with E-state index in [1.165, 1.54) is 15.9 Å². The van der Waals surface area contributed by atoms with Crippen molar-refractivity contribution < 1.29 is 14.4 Å². The van der Waals surface area contributed by atoms with Gasteiger partial charge in [0.25, 0.3) is 17.6 Å². The number of piperazine rings is 1. The van der Waals surface area contributed by atoms with Crippen LogP contribution in [0.1, 0.15) is 20.7 Å². The molecule has 4 heterocycles. The number of ketones is 1. The zero-order chi connectivity index (χ0) is 24.6. The number of H-pyrrole nitrogens is 1. The summed E-state index contributed by atoms with van der Waals surface area (Å²) in [6.45, 7) is 1.30. The monoisotopic (exact) mass is 479 g/mol. The molecule has 0 spiro atoms. The predicted octanol–water partition coefficient (Wildman–Crippen LogP) is 2.46. The fraction of sp³-hybridized carbons (Fsp3) is 0.154. The molecule has 10 nitrogen and oxygen atoms in total. The molecule has 36 heavy (non-hydrogen) atoms. The number of rotatable bonds is 4. The van der Waals surface area contributed by atoms with E-state index in [9.17, 15) is 14.4 Å². The normalized spacial score (nSPS) is 13.9. The summed E-state index contributed by atoms with van der Waals surface area (Å²) in [6.07, 6.45) is 3.06. The third kappa shape index (κ3) is 3.68. The molecule has 2 aromatic carbocycles. The van der Waals surface area contributed by atoms with Crippen molar-refractivity contribution in [2.24, 2.45) is 0 Å².